The highest BCUT2D eigenvalue weighted by molar-refractivity contribution is 5.56. The summed E-state index contributed by atoms with van der Waals surface area (Å²) in [7, 11) is 0. The number of nitrogen functional groups attached to an aromatic ring is 1. The molecule has 2 aromatic carbocycles. The minimum atomic E-state index is 0.705. The molecule has 3 rings (SSSR count). The van der Waals surface area contributed by atoms with Crippen LogP contribution in [-0.2, 0) is 13.0 Å². The molecule has 1 heterocycles. The van der Waals surface area contributed by atoms with Gasteiger partial charge in [0, 0.05) is 24.5 Å². The molecular weight excluding hydrogens is 232 g/mol. The number of rotatable bonds is 2. The van der Waals surface area contributed by atoms with E-state index in [2.05, 4.69) is 48.2 Å². The number of hydrogen-bond donors (Lipinski definition) is 1. The number of nitrogens with two attached hydrogens (primary N) is 1. The smallest absolute Gasteiger partial charge is 0.0430 e. The van der Waals surface area contributed by atoms with Crippen LogP contribution in [0.4, 0.5) is 11.4 Å². The van der Waals surface area contributed by atoms with E-state index in [1.807, 2.05) is 12.1 Å². The Hall–Kier alpha value is -1.96. The Balaban J connectivity index is 1.89. The van der Waals surface area contributed by atoms with Crippen molar-refractivity contribution in [3.63, 3.8) is 0 Å². The van der Waals surface area contributed by atoms with Crippen LogP contribution in [0.25, 0.3) is 0 Å². The van der Waals surface area contributed by atoms with E-state index in [4.69, 9.17) is 5.73 Å². The molecule has 98 valence electrons. The first-order valence-corrected chi connectivity index (χ1v) is 6.89. The monoisotopic (exact) mass is 252 g/mol. The molecule has 1 aliphatic heterocycles. The average molecular weight is 252 g/mol. The third kappa shape index (κ3) is 2.58. The number of hydrogen-bond acceptors (Lipinski definition) is 2. The van der Waals surface area contributed by atoms with Crippen molar-refractivity contribution in [3.8, 4) is 0 Å². The molecule has 0 spiro atoms. The molecule has 0 aliphatic carbocycles. The summed E-state index contributed by atoms with van der Waals surface area (Å²) in [5.41, 5.74) is 10.8. The molecule has 0 amide bonds. The second kappa shape index (κ2) is 4.96. The van der Waals surface area contributed by atoms with Crippen LogP contribution in [0.15, 0.2) is 48.5 Å². The lowest BCUT2D eigenvalue weighted by atomic mass is 9.93. The first kappa shape index (κ1) is 12.1. The van der Waals surface area contributed by atoms with Crippen LogP contribution in [0.3, 0.4) is 0 Å². The Labute approximate surface area is 114 Å². The molecule has 2 N–H and O–H groups in total. The van der Waals surface area contributed by atoms with Crippen molar-refractivity contribution in [1.29, 1.82) is 0 Å². The van der Waals surface area contributed by atoms with Gasteiger partial charge in [-0.1, -0.05) is 37.3 Å². The Bertz CT molecular complexity index is 577. The van der Waals surface area contributed by atoms with Crippen molar-refractivity contribution in [2.45, 2.75) is 19.9 Å². The lowest BCUT2D eigenvalue weighted by Crippen LogP contribution is -2.33. The van der Waals surface area contributed by atoms with Crippen LogP contribution in [0.1, 0.15) is 18.1 Å². The summed E-state index contributed by atoms with van der Waals surface area (Å²) in [6.45, 7) is 4.38. The number of anilines is 2. The molecule has 1 atom stereocenters. The highest BCUT2D eigenvalue weighted by atomic mass is 15.1. The van der Waals surface area contributed by atoms with Gasteiger partial charge in [0.15, 0.2) is 0 Å². The van der Waals surface area contributed by atoms with E-state index in [0.29, 0.717) is 5.92 Å². The number of nitrogens with zero attached hydrogens (tertiary/aromatic N) is 1. The largest absolute Gasteiger partial charge is 0.399 e. The van der Waals surface area contributed by atoms with E-state index in [9.17, 15) is 0 Å². The molecule has 0 fully saturated rings. The molecule has 0 aromatic heterocycles. The number of benzene rings is 2. The molecule has 0 saturated carbocycles. The Morgan fingerprint density at radius 1 is 1.16 bits per heavy atom. The number of fused-ring (bicyclic) bond motifs is 1. The van der Waals surface area contributed by atoms with Crippen LogP contribution in [0, 0.1) is 5.92 Å². The summed E-state index contributed by atoms with van der Waals surface area (Å²) in [4.78, 5) is 2.47. The topological polar surface area (TPSA) is 29.3 Å². The van der Waals surface area contributed by atoms with Gasteiger partial charge in [0.05, 0.1) is 0 Å². The van der Waals surface area contributed by atoms with Crippen molar-refractivity contribution in [3.05, 3.63) is 59.7 Å². The number of para-hydroxylation sites is 1. The van der Waals surface area contributed by atoms with Crippen LogP contribution in [0.2, 0.25) is 0 Å². The molecular formula is C17H20N2. The third-order valence-corrected chi connectivity index (χ3v) is 3.76. The molecule has 0 radical (unpaired) electrons. The van der Waals surface area contributed by atoms with Gasteiger partial charge >= 0.3 is 0 Å². The Morgan fingerprint density at radius 3 is 2.84 bits per heavy atom. The predicted molar refractivity (Wildman–Crippen MR) is 81.2 cm³/mol. The van der Waals surface area contributed by atoms with Gasteiger partial charge in [-0.25, -0.2) is 0 Å². The van der Waals surface area contributed by atoms with Crippen molar-refractivity contribution in [2.24, 2.45) is 5.92 Å². The van der Waals surface area contributed by atoms with Crippen LogP contribution in [-0.4, -0.2) is 6.54 Å². The lowest BCUT2D eigenvalue weighted by molar-refractivity contribution is 0.530. The summed E-state index contributed by atoms with van der Waals surface area (Å²) < 4.78 is 0. The average Bonchev–Trinajstić information content (AvgIpc) is 2.38. The van der Waals surface area contributed by atoms with Crippen LogP contribution >= 0.6 is 0 Å². The molecule has 2 aromatic rings. The molecule has 1 aliphatic rings. The first-order chi connectivity index (χ1) is 9.22. The van der Waals surface area contributed by atoms with Crippen molar-refractivity contribution < 1.29 is 0 Å². The van der Waals surface area contributed by atoms with Crippen molar-refractivity contribution in [1.82, 2.24) is 0 Å². The highest BCUT2D eigenvalue weighted by Gasteiger charge is 2.21. The van der Waals surface area contributed by atoms with Crippen molar-refractivity contribution >= 4 is 11.4 Å². The van der Waals surface area contributed by atoms with Crippen LogP contribution in [0.5, 0.6) is 0 Å². The summed E-state index contributed by atoms with van der Waals surface area (Å²) in [6, 6.07) is 16.9. The van der Waals surface area contributed by atoms with Gasteiger partial charge in [-0.2, -0.15) is 0 Å². The zero-order valence-corrected chi connectivity index (χ0v) is 11.3. The molecule has 2 heteroatoms. The summed E-state index contributed by atoms with van der Waals surface area (Å²) in [6.07, 6.45) is 1.18. The quantitative estimate of drug-likeness (QED) is 0.829. The second-order valence-electron chi connectivity index (χ2n) is 5.56. The fraction of sp³-hybridized carbons (Fsp3) is 0.294. The van der Waals surface area contributed by atoms with E-state index in [-0.39, 0.29) is 0 Å². The van der Waals surface area contributed by atoms with E-state index < -0.39 is 0 Å². The first-order valence-electron chi connectivity index (χ1n) is 6.89. The van der Waals surface area contributed by atoms with Gasteiger partial charge in [0.2, 0.25) is 0 Å². The van der Waals surface area contributed by atoms with Gasteiger partial charge in [-0.3, -0.25) is 0 Å². The van der Waals surface area contributed by atoms with E-state index in [1.54, 1.807) is 0 Å². The highest BCUT2D eigenvalue weighted by Crippen LogP contribution is 2.30. The molecule has 0 saturated heterocycles. The molecule has 0 bridgehead atoms. The van der Waals surface area contributed by atoms with Gasteiger partial charge in [-0.05, 0) is 41.7 Å². The van der Waals surface area contributed by atoms with Gasteiger partial charge < -0.3 is 10.6 Å². The summed E-state index contributed by atoms with van der Waals surface area (Å²) in [5.74, 6) is 0.705. The fourth-order valence-corrected chi connectivity index (χ4v) is 2.97. The van der Waals surface area contributed by atoms with Gasteiger partial charge in [0.1, 0.15) is 0 Å². The maximum absolute atomic E-state index is 5.87. The Kier molecular flexibility index (Phi) is 3.16. The maximum Gasteiger partial charge on any atom is 0.0430 e. The molecule has 19 heavy (non-hydrogen) atoms. The zero-order chi connectivity index (χ0) is 13.2. The van der Waals surface area contributed by atoms with Gasteiger partial charge in [-0.15, -0.1) is 0 Å². The van der Waals surface area contributed by atoms with Crippen molar-refractivity contribution in [2.75, 3.05) is 17.2 Å². The second-order valence-corrected chi connectivity index (χ2v) is 5.56. The van der Waals surface area contributed by atoms with E-state index in [0.717, 1.165) is 18.8 Å². The molecule has 1 unspecified atom stereocenters. The van der Waals surface area contributed by atoms with E-state index in [1.165, 1.54) is 23.2 Å². The van der Waals surface area contributed by atoms with Gasteiger partial charge in [0.25, 0.3) is 0 Å². The summed E-state index contributed by atoms with van der Waals surface area (Å²) >= 11 is 0. The SMILES string of the molecule is CC1Cc2ccccc2N(Cc2cccc(N)c2)C1. The summed E-state index contributed by atoms with van der Waals surface area (Å²) in [5, 5.41) is 0. The van der Waals surface area contributed by atoms with E-state index >= 15 is 0 Å². The zero-order valence-electron chi connectivity index (χ0n) is 11.3. The lowest BCUT2D eigenvalue weighted by Gasteiger charge is -2.35. The maximum atomic E-state index is 5.87. The Morgan fingerprint density at radius 2 is 2.00 bits per heavy atom. The molecule has 2 nitrogen and oxygen atoms in total. The van der Waals surface area contributed by atoms with Crippen LogP contribution < -0.4 is 10.6 Å². The fourth-order valence-electron chi connectivity index (χ4n) is 2.97. The third-order valence-electron chi connectivity index (χ3n) is 3.76. The minimum absolute atomic E-state index is 0.705. The predicted octanol–water partition coefficient (Wildman–Crippen LogP) is 3.47. The minimum Gasteiger partial charge on any atom is -0.399 e. The standard InChI is InChI=1S/C17H20N2/c1-13-9-15-6-2-3-8-17(15)19(11-13)12-14-5-4-7-16(18)10-14/h2-8,10,13H,9,11-12,18H2,1H3. The normalized spacial score (nSPS) is 18.2.